The number of H-pyrrole nitrogens is 1. The van der Waals surface area contributed by atoms with E-state index in [2.05, 4.69) is 32.5 Å². The Morgan fingerprint density at radius 1 is 1.27 bits per heavy atom. The number of imidazole rings is 1. The molecule has 0 aliphatic heterocycles. The van der Waals surface area contributed by atoms with Crippen LogP contribution in [0.5, 0.6) is 0 Å². The number of carbonyl (C=O) groups is 1. The van der Waals surface area contributed by atoms with Crippen molar-refractivity contribution < 1.29 is 4.79 Å². The molecule has 0 unspecified atom stereocenters. The maximum Gasteiger partial charge on any atom is 0.269 e. The van der Waals surface area contributed by atoms with Crippen LogP contribution >= 0.6 is 22.9 Å². The van der Waals surface area contributed by atoms with Gasteiger partial charge in [0, 0.05) is 28.3 Å². The van der Waals surface area contributed by atoms with Crippen molar-refractivity contribution in [3.05, 3.63) is 80.3 Å². The minimum absolute atomic E-state index is 0.226. The van der Waals surface area contributed by atoms with Crippen molar-refractivity contribution in [1.82, 2.24) is 30.2 Å². The minimum Gasteiger partial charge on any atom is -0.364 e. The molecule has 0 saturated heterocycles. The number of unbranched alkanes of at least 4 members (excludes halogenated alkanes) is 1. The summed E-state index contributed by atoms with van der Waals surface area (Å²) in [5.74, 6) is 0.741. The quantitative estimate of drug-likeness (QED) is 0.348. The molecule has 0 aliphatic carbocycles. The number of thiophene rings is 1. The topological polar surface area (TPSA) is 115 Å². The van der Waals surface area contributed by atoms with Crippen molar-refractivity contribution in [1.29, 1.82) is 0 Å². The summed E-state index contributed by atoms with van der Waals surface area (Å²) in [6.45, 7) is 2.58. The van der Waals surface area contributed by atoms with E-state index in [9.17, 15) is 4.79 Å². The molecule has 0 saturated carbocycles. The van der Waals surface area contributed by atoms with Crippen molar-refractivity contribution in [3.63, 3.8) is 0 Å². The van der Waals surface area contributed by atoms with Crippen molar-refractivity contribution in [2.75, 3.05) is 0 Å². The van der Waals surface area contributed by atoms with Gasteiger partial charge in [0.05, 0.1) is 12.2 Å². The van der Waals surface area contributed by atoms with Gasteiger partial charge in [-0.05, 0) is 46.0 Å². The molecule has 8 nitrogen and oxygen atoms in total. The molecule has 0 atom stereocenters. The van der Waals surface area contributed by atoms with Crippen molar-refractivity contribution in [2.45, 2.75) is 39.2 Å². The fourth-order valence-corrected chi connectivity index (χ4v) is 4.53. The Morgan fingerprint density at radius 3 is 2.79 bits per heavy atom. The highest BCUT2D eigenvalue weighted by Crippen LogP contribution is 2.27. The van der Waals surface area contributed by atoms with E-state index in [4.69, 9.17) is 17.3 Å². The summed E-state index contributed by atoms with van der Waals surface area (Å²) in [5.41, 5.74) is 8.37. The number of nitrogens with one attached hydrogen (secondary N) is 1. The zero-order valence-corrected chi connectivity index (χ0v) is 19.7. The highest BCUT2D eigenvalue weighted by molar-refractivity contribution is 7.10. The fourth-order valence-electron chi connectivity index (χ4n) is 3.60. The number of aromatic amines is 1. The fraction of sp³-hybridized carbons (Fsp3) is 0.261. The van der Waals surface area contributed by atoms with Crippen molar-refractivity contribution in [3.8, 4) is 0 Å². The summed E-state index contributed by atoms with van der Waals surface area (Å²) in [5, 5.41) is 17.1. The van der Waals surface area contributed by atoms with Gasteiger partial charge in [-0.2, -0.15) is 0 Å². The van der Waals surface area contributed by atoms with E-state index in [1.165, 1.54) is 0 Å². The molecular formula is C23H24ClN7OS. The molecule has 0 aliphatic rings. The van der Waals surface area contributed by atoms with Gasteiger partial charge >= 0.3 is 0 Å². The number of carbonyl (C=O) groups excluding carboxylic acids is 1. The van der Waals surface area contributed by atoms with E-state index in [1.54, 1.807) is 11.3 Å². The zero-order valence-electron chi connectivity index (χ0n) is 18.2. The van der Waals surface area contributed by atoms with Crippen LogP contribution in [0.15, 0.2) is 41.8 Å². The van der Waals surface area contributed by atoms with Crippen LogP contribution in [-0.4, -0.2) is 36.1 Å². The molecule has 0 bridgehead atoms. The Hall–Kier alpha value is -3.30. The predicted molar refractivity (Wildman–Crippen MR) is 130 cm³/mol. The van der Waals surface area contributed by atoms with E-state index < -0.39 is 5.91 Å². The first kappa shape index (κ1) is 22.9. The number of allylic oxidation sites excluding steroid dienone is 1. The van der Waals surface area contributed by atoms with Gasteiger partial charge in [0.2, 0.25) is 0 Å². The second kappa shape index (κ2) is 10.5. The molecule has 4 rings (SSSR count). The Kier molecular flexibility index (Phi) is 7.31. The Bertz CT molecular complexity index is 1250. The summed E-state index contributed by atoms with van der Waals surface area (Å²) in [7, 11) is 0. The second-order valence-corrected chi connectivity index (χ2v) is 9.02. The molecule has 3 N–H and O–H groups in total. The van der Waals surface area contributed by atoms with Crippen LogP contribution in [0.4, 0.5) is 0 Å². The highest BCUT2D eigenvalue weighted by Gasteiger charge is 2.21. The van der Waals surface area contributed by atoms with E-state index in [0.29, 0.717) is 29.5 Å². The summed E-state index contributed by atoms with van der Waals surface area (Å²) in [6.07, 6.45) is 5.16. The first-order valence-electron chi connectivity index (χ1n) is 10.7. The number of halogens is 1. The number of aryl methyl sites for hydroxylation is 1. The van der Waals surface area contributed by atoms with Crippen LogP contribution in [0, 0.1) is 0 Å². The number of tetrazole rings is 1. The minimum atomic E-state index is -0.580. The molecule has 33 heavy (non-hydrogen) atoms. The van der Waals surface area contributed by atoms with Gasteiger partial charge in [0.1, 0.15) is 5.82 Å². The number of nitrogens with two attached hydrogens (primary N) is 1. The average molecular weight is 482 g/mol. The SMILES string of the molecule is CCCCc1nc(C(N)=O)c(C=C(Cc2cccs2)c2nnn[nH]2)n1Cc1ccccc1Cl. The summed E-state index contributed by atoms with van der Waals surface area (Å²) < 4.78 is 2.02. The summed E-state index contributed by atoms with van der Waals surface area (Å²) in [4.78, 5) is 18.2. The molecule has 0 radical (unpaired) electrons. The van der Waals surface area contributed by atoms with Crippen LogP contribution in [0.2, 0.25) is 5.02 Å². The van der Waals surface area contributed by atoms with Crippen LogP contribution in [0.1, 0.15) is 58.0 Å². The predicted octanol–water partition coefficient (Wildman–Crippen LogP) is 4.38. The van der Waals surface area contributed by atoms with Gasteiger partial charge in [0.15, 0.2) is 11.5 Å². The lowest BCUT2D eigenvalue weighted by molar-refractivity contribution is 0.0995. The zero-order chi connectivity index (χ0) is 23.2. The monoisotopic (exact) mass is 481 g/mol. The molecule has 3 aromatic heterocycles. The summed E-state index contributed by atoms with van der Waals surface area (Å²) in [6, 6.07) is 11.7. The Morgan fingerprint density at radius 2 is 2.12 bits per heavy atom. The van der Waals surface area contributed by atoms with Gasteiger partial charge in [-0.25, -0.2) is 10.1 Å². The lowest BCUT2D eigenvalue weighted by Gasteiger charge is -2.13. The van der Waals surface area contributed by atoms with Crippen LogP contribution in [0.25, 0.3) is 11.6 Å². The number of hydrogen-bond donors (Lipinski definition) is 2. The number of aromatic nitrogens is 6. The molecule has 1 amide bonds. The van der Waals surface area contributed by atoms with Crippen LogP contribution in [0.3, 0.4) is 0 Å². The van der Waals surface area contributed by atoms with E-state index in [-0.39, 0.29) is 5.69 Å². The van der Waals surface area contributed by atoms with Crippen LogP contribution in [-0.2, 0) is 19.4 Å². The largest absolute Gasteiger partial charge is 0.364 e. The number of nitrogens with zero attached hydrogens (tertiary/aromatic N) is 5. The van der Waals surface area contributed by atoms with Gasteiger partial charge in [-0.1, -0.05) is 49.2 Å². The van der Waals surface area contributed by atoms with Crippen molar-refractivity contribution in [2.24, 2.45) is 5.73 Å². The maximum absolute atomic E-state index is 12.4. The molecule has 10 heteroatoms. The molecule has 0 spiro atoms. The van der Waals surface area contributed by atoms with E-state index in [0.717, 1.165) is 41.1 Å². The average Bonchev–Trinajstić information content (AvgIpc) is 3.56. The first-order chi connectivity index (χ1) is 16.1. The van der Waals surface area contributed by atoms with Crippen LogP contribution < -0.4 is 5.73 Å². The molecule has 4 aromatic rings. The van der Waals surface area contributed by atoms with E-state index in [1.807, 2.05) is 52.4 Å². The third-order valence-electron chi connectivity index (χ3n) is 5.26. The van der Waals surface area contributed by atoms with Gasteiger partial charge in [0.25, 0.3) is 5.91 Å². The second-order valence-electron chi connectivity index (χ2n) is 7.58. The molecule has 1 aromatic carbocycles. The highest BCUT2D eigenvalue weighted by atomic mass is 35.5. The van der Waals surface area contributed by atoms with Gasteiger partial charge in [-0.3, -0.25) is 4.79 Å². The first-order valence-corrected chi connectivity index (χ1v) is 11.9. The molecular weight excluding hydrogens is 458 g/mol. The lowest BCUT2D eigenvalue weighted by Crippen LogP contribution is -2.14. The molecule has 170 valence electrons. The summed E-state index contributed by atoms with van der Waals surface area (Å²) >= 11 is 8.10. The molecule has 0 fully saturated rings. The van der Waals surface area contributed by atoms with Gasteiger partial charge in [-0.15, -0.1) is 16.4 Å². The normalized spacial score (nSPS) is 11.8. The number of rotatable bonds is 10. The van der Waals surface area contributed by atoms with Gasteiger partial charge < -0.3 is 10.3 Å². The Balaban J connectivity index is 1.87. The smallest absolute Gasteiger partial charge is 0.269 e. The number of primary amides is 1. The Labute approximate surface area is 200 Å². The number of hydrogen-bond acceptors (Lipinski definition) is 6. The standard InChI is InChI=1S/C23H24ClN7OS/c1-2-3-10-20-26-21(22(25)32)19(31(20)14-15-7-4-5-9-18(15)24)13-16(23-27-29-30-28-23)12-17-8-6-11-33-17/h4-9,11,13H,2-3,10,12,14H2,1H3,(H2,25,32)(H,27,28,29,30). The third kappa shape index (κ3) is 5.37. The lowest BCUT2D eigenvalue weighted by atomic mass is 10.1. The maximum atomic E-state index is 12.4. The van der Waals surface area contributed by atoms with Crippen molar-refractivity contribution >= 4 is 40.5 Å². The number of amides is 1. The number of benzene rings is 1. The molecule has 3 heterocycles. The third-order valence-corrected chi connectivity index (χ3v) is 6.51. The van der Waals surface area contributed by atoms with E-state index >= 15 is 0 Å².